The van der Waals surface area contributed by atoms with Gasteiger partial charge in [-0.05, 0) is 50.3 Å². The number of piperidine rings is 1. The van der Waals surface area contributed by atoms with Crippen LogP contribution in [0.15, 0.2) is 18.2 Å². The SMILES string of the molecule is CC[C@@H]1CCCCN1C(=O)CN1C(=O)N[C@@](C)(c2ccc3c(c2)OCCO3)C1=O. The number of carbonyl (C=O) groups is 3. The molecule has 0 aliphatic carbocycles. The summed E-state index contributed by atoms with van der Waals surface area (Å²) >= 11 is 0. The molecule has 0 unspecified atom stereocenters. The van der Waals surface area contributed by atoms with Gasteiger partial charge in [0.1, 0.15) is 25.3 Å². The molecule has 3 heterocycles. The molecule has 2 atom stereocenters. The Morgan fingerprint density at radius 3 is 2.72 bits per heavy atom. The van der Waals surface area contributed by atoms with Crippen LogP contribution in [0.3, 0.4) is 0 Å². The van der Waals surface area contributed by atoms with Crippen LogP contribution in [-0.2, 0) is 15.1 Å². The van der Waals surface area contributed by atoms with Crippen LogP contribution in [-0.4, -0.2) is 60.0 Å². The van der Waals surface area contributed by atoms with E-state index in [9.17, 15) is 14.4 Å². The molecular weight excluding hydrogens is 374 g/mol. The van der Waals surface area contributed by atoms with Crippen LogP contribution in [0.5, 0.6) is 11.5 Å². The fourth-order valence-electron chi connectivity index (χ4n) is 4.37. The molecule has 2 saturated heterocycles. The van der Waals surface area contributed by atoms with Crippen molar-refractivity contribution in [2.45, 2.75) is 51.1 Å². The lowest BCUT2D eigenvalue weighted by Gasteiger charge is -2.36. The van der Waals surface area contributed by atoms with Crippen LogP contribution in [0.1, 0.15) is 45.1 Å². The predicted molar refractivity (Wildman–Crippen MR) is 105 cm³/mol. The van der Waals surface area contributed by atoms with Crippen LogP contribution in [0.2, 0.25) is 0 Å². The minimum absolute atomic E-state index is 0.175. The lowest BCUT2D eigenvalue weighted by Crippen LogP contribution is -2.49. The number of ether oxygens (including phenoxy) is 2. The highest BCUT2D eigenvalue weighted by Gasteiger charge is 2.50. The Morgan fingerprint density at radius 2 is 1.97 bits per heavy atom. The number of imide groups is 1. The minimum atomic E-state index is -1.25. The van der Waals surface area contributed by atoms with Gasteiger partial charge in [-0.3, -0.25) is 14.5 Å². The molecule has 8 heteroatoms. The van der Waals surface area contributed by atoms with Crippen LogP contribution < -0.4 is 14.8 Å². The number of amides is 4. The zero-order valence-electron chi connectivity index (χ0n) is 16.9. The van der Waals surface area contributed by atoms with Crippen molar-refractivity contribution >= 4 is 17.8 Å². The lowest BCUT2D eigenvalue weighted by atomic mass is 9.91. The van der Waals surface area contributed by atoms with Gasteiger partial charge in [0.05, 0.1) is 0 Å². The first-order chi connectivity index (χ1) is 13.9. The molecule has 4 amide bonds. The molecule has 0 bridgehead atoms. The first-order valence-corrected chi connectivity index (χ1v) is 10.3. The second-order valence-electron chi connectivity index (χ2n) is 7.95. The highest BCUT2D eigenvalue weighted by molar-refractivity contribution is 6.09. The number of fused-ring (bicyclic) bond motifs is 1. The standard InChI is InChI=1S/C21H27N3O5/c1-3-15-6-4-5-9-23(15)18(25)13-24-19(26)21(2,22-20(24)27)14-7-8-16-17(12-14)29-11-10-28-16/h7-8,12,15H,3-6,9-11,13H2,1-2H3,(H,22,27)/t15-,21+/m1/s1. The molecular formula is C21H27N3O5. The van der Waals surface area contributed by atoms with Gasteiger partial charge in [0, 0.05) is 12.6 Å². The normalized spacial score (nSPS) is 26.5. The van der Waals surface area contributed by atoms with Crippen LogP contribution in [0.4, 0.5) is 4.79 Å². The lowest BCUT2D eigenvalue weighted by molar-refractivity contribution is -0.141. The van der Waals surface area contributed by atoms with E-state index in [0.717, 1.165) is 30.6 Å². The van der Waals surface area contributed by atoms with Crippen molar-refractivity contribution in [1.29, 1.82) is 0 Å². The summed E-state index contributed by atoms with van der Waals surface area (Å²) in [5, 5.41) is 2.76. The van der Waals surface area contributed by atoms with Gasteiger partial charge in [-0.2, -0.15) is 0 Å². The van der Waals surface area contributed by atoms with E-state index in [1.165, 1.54) is 0 Å². The smallest absolute Gasteiger partial charge is 0.325 e. The first kappa shape index (κ1) is 19.5. The first-order valence-electron chi connectivity index (χ1n) is 10.3. The van der Waals surface area contributed by atoms with Crippen LogP contribution >= 0.6 is 0 Å². The van der Waals surface area contributed by atoms with Gasteiger partial charge < -0.3 is 19.7 Å². The zero-order valence-corrected chi connectivity index (χ0v) is 16.9. The zero-order chi connectivity index (χ0) is 20.6. The third-order valence-corrected chi connectivity index (χ3v) is 6.11. The quantitative estimate of drug-likeness (QED) is 0.780. The van der Waals surface area contributed by atoms with E-state index in [0.29, 0.717) is 36.8 Å². The van der Waals surface area contributed by atoms with E-state index >= 15 is 0 Å². The summed E-state index contributed by atoms with van der Waals surface area (Å²) in [6, 6.07) is 4.83. The van der Waals surface area contributed by atoms with E-state index in [1.807, 2.05) is 4.90 Å². The molecule has 29 heavy (non-hydrogen) atoms. The van der Waals surface area contributed by atoms with Crippen molar-refractivity contribution in [2.75, 3.05) is 26.3 Å². The molecule has 0 aromatic heterocycles. The largest absolute Gasteiger partial charge is 0.486 e. The van der Waals surface area contributed by atoms with Gasteiger partial charge in [-0.15, -0.1) is 0 Å². The maximum atomic E-state index is 13.2. The van der Waals surface area contributed by atoms with Gasteiger partial charge in [0.25, 0.3) is 5.91 Å². The van der Waals surface area contributed by atoms with Gasteiger partial charge in [-0.25, -0.2) is 4.79 Å². The number of hydrogen-bond donors (Lipinski definition) is 1. The molecule has 3 aliphatic heterocycles. The van der Waals surface area contributed by atoms with E-state index < -0.39 is 17.5 Å². The van der Waals surface area contributed by atoms with Crippen molar-refractivity contribution in [3.63, 3.8) is 0 Å². The number of urea groups is 1. The van der Waals surface area contributed by atoms with Crippen molar-refractivity contribution < 1.29 is 23.9 Å². The van der Waals surface area contributed by atoms with Gasteiger partial charge >= 0.3 is 6.03 Å². The summed E-state index contributed by atoms with van der Waals surface area (Å²) in [6.45, 7) is 5.07. The molecule has 4 rings (SSSR count). The fourth-order valence-corrected chi connectivity index (χ4v) is 4.37. The molecule has 0 spiro atoms. The summed E-state index contributed by atoms with van der Waals surface area (Å²) in [7, 11) is 0. The second kappa shape index (κ2) is 7.57. The minimum Gasteiger partial charge on any atom is -0.486 e. The molecule has 0 saturated carbocycles. The molecule has 1 aromatic carbocycles. The number of hydrogen-bond acceptors (Lipinski definition) is 5. The molecule has 1 aromatic rings. The Balaban J connectivity index is 1.53. The Morgan fingerprint density at radius 1 is 1.21 bits per heavy atom. The number of rotatable bonds is 4. The number of nitrogens with one attached hydrogen (secondary N) is 1. The highest BCUT2D eigenvalue weighted by Crippen LogP contribution is 2.37. The average Bonchev–Trinajstić information content (AvgIpc) is 2.97. The maximum absolute atomic E-state index is 13.2. The molecule has 0 radical (unpaired) electrons. The van der Waals surface area contributed by atoms with Gasteiger partial charge in [0.15, 0.2) is 11.5 Å². The van der Waals surface area contributed by atoms with E-state index in [-0.39, 0.29) is 18.5 Å². The highest BCUT2D eigenvalue weighted by atomic mass is 16.6. The Hall–Kier alpha value is -2.77. The van der Waals surface area contributed by atoms with E-state index in [4.69, 9.17) is 9.47 Å². The Kier molecular flexibility index (Phi) is 5.10. The number of nitrogens with zero attached hydrogens (tertiary/aromatic N) is 2. The molecule has 156 valence electrons. The summed E-state index contributed by atoms with van der Waals surface area (Å²) in [5.74, 6) is 0.554. The summed E-state index contributed by atoms with van der Waals surface area (Å²) in [6.07, 6.45) is 3.91. The van der Waals surface area contributed by atoms with E-state index in [1.54, 1.807) is 25.1 Å². The fraction of sp³-hybridized carbons (Fsp3) is 0.571. The molecule has 8 nitrogen and oxygen atoms in total. The van der Waals surface area contributed by atoms with Gasteiger partial charge in [-0.1, -0.05) is 13.0 Å². The van der Waals surface area contributed by atoms with Crippen molar-refractivity contribution in [3.05, 3.63) is 23.8 Å². The monoisotopic (exact) mass is 401 g/mol. The van der Waals surface area contributed by atoms with Gasteiger partial charge in [0.2, 0.25) is 5.91 Å². The summed E-state index contributed by atoms with van der Waals surface area (Å²) < 4.78 is 11.1. The van der Waals surface area contributed by atoms with Crippen LogP contribution in [0.25, 0.3) is 0 Å². The van der Waals surface area contributed by atoms with Crippen LogP contribution in [0, 0.1) is 0 Å². The second-order valence-corrected chi connectivity index (χ2v) is 7.95. The van der Waals surface area contributed by atoms with Crippen molar-refractivity contribution in [1.82, 2.24) is 15.1 Å². The predicted octanol–water partition coefficient (Wildman–Crippen LogP) is 2.02. The van der Waals surface area contributed by atoms with E-state index in [2.05, 4.69) is 12.2 Å². The number of carbonyl (C=O) groups excluding carboxylic acids is 3. The number of likely N-dealkylation sites (tertiary alicyclic amines) is 1. The van der Waals surface area contributed by atoms with Crippen molar-refractivity contribution in [3.8, 4) is 11.5 Å². The Bertz CT molecular complexity index is 842. The summed E-state index contributed by atoms with van der Waals surface area (Å²) in [5.41, 5.74) is -0.654. The molecule has 3 aliphatic rings. The summed E-state index contributed by atoms with van der Waals surface area (Å²) in [4.78, 5) is 41.5. The third-order valence-electron chi connectivity index (χ3n) is 6.11. The average molecular weight is 401 g/mol. The number of benzene rings is 1. The Labute approximate surface area is 170 Å². The molecule has 1 N–H and O–H groups in total. The maximum Gasteiger partial charge on any atom is 0.325 e. The van der Waals surface area contributed by atoms with Crippen molar-refractivity contribution in [2.24, 2.45) is 0 Å². The third kappa shape index (κ3) is 3.41. The topological polar surface area (TPSA) is 88.2 Å². The molecule has 2 fully saturated rings.